The molecule has 0 aliphatic rings. The lowest BCUT2D eigenvalue weighted by molar-refractivity contribution is 0.102. The molecule has 2 aromatic rings. The molecule has 1 amide bonds. The standard InChI is InChI=1S/C11H11N3O3S2/c1-19(16,17)10-8(18-11(12)14-10)9(15)13-7-5-3-2-4-6-7/h2-6H,1H3,(H2,12,14)(H,13,15). The second-order valence-electron chi connectivity index (χ2n) is 3.78. The molecule has 0 aliphatic heterocycles. The van der Waals surface area contributed by atoms with Crippen LogP contribution in [0.4, 0.5) is 10.8 Å². The van der Waals surface area contributed by atoms with E-state index in [1.165, 1.54) is 0 Å². The van der Waals surface area contributed by atoms with Gasteiger partial charge in [-0.05, 0) is 12.1 Å². The first-order valence-electron chi connectivity index (χ1n) is 5.20. The normalized spacial score (nSPS) is 11.2. The number of hydrogen-bond acceptors (Lipinski definition) is 6. The van der Waals surface area contributed by atoms with E-state index in [0.29, 0.717) is 5.69 Å². The number of nitrogens with one attached hydrogen (secondary N) is 1. The van der Waals surface area contributed by atoms with Gasteiger partial charge in [-0.1, -0.05) is 29.5 Å². The van der Waals surface area contributed by atoms with Gasteiger partial charge >= 0.3 is 0 Å². The number of carbonyl (C=O) groups excluding carboxylic acids is 1. The summed E-state index contributed by atoms with van der Waals surface area (Å²) >= 11 is 0.844. The average Bonchev–Trinajstić information content (AvgIpc) is 2.72. The summed E-state index contributed by atoms with van der Waals surface area (Å²) in [5.41, 5.74) is 6.04. The van der Waals surface area contributed by atoms with Crippen molar-refractivity contribution in [2.45, 2.75) is 5.03 Å². The minimum Gasteiger partial charge on any atom is -0.375 e. The molecule has 1 aromatic carbocycles. The highest BCUT2D eigenvalue weighted by Crippen LogP contribution is 2.25. The van der Waals surface area contributed by atoms with Crippen LogP contribution >= 0.6 is 11.3 Å². The zero-order valence-electron chi connectivity index (χ0n) is 9.95. The van der Waals surface area contributed by atoms with Crippen LogP contribution in [0.5, 0.6) is 0 Å². The molecule has 3 N–H and O–H groups in total. The predicted octanol–water partition coefficient (Wildman–Crippen LogP) is 1.38. The first-order valence-corrected chi connectivity index (χ1v) is 7.91. The maximum absolute atomic E-state index is 12.0. The van der Waals surface area contributed by atoms with Gasteiger partial charge in [0.2, 0.25) is 0 Å². The van der Waals surface area contributed by atoms with Crippen molar-refractivity contribution in [3.63, 3.8) is 0 Å². The van der Waals surface area contributed by atoms with Crippen LogP contribution < -0.4 is 11.1 Å². The van der Waals surface area contributed by atoms with E-state index in [1.54, 1.807) is 24.3 Å². The van der Waals surface area contributed by atoms with Crippen LogP contribution in [-0.4, -0.2) is 25.6 Å². The van der Waals surface area contributed by atoms with Crippen LogP contribution in [0.2, 0.25) is 0 Å². The van der Waals surface area contributed by atoms with Gasteiger partial charge in [-0.15, -0.1) is 0 Å². The third kappa shape index (κ3) is 3.09. The van der Waals surface area contributed by atoms with Gasteiger partial charge in [0.1, 0.15) is 4.88 Å². The number of nitrogens with two attached hydrogens (primary N) is 1. The van der Waals surface area contributed by atoms with Gasteiger partial charge in [0.15, 0.2) is 20.0 Å². The minimum atomic E-state index is -3.59. The van der Waals surface area contributed by atoms with Crippen molar-refractivity contribution < 1.29 is 13.2 Å². The smallest absolute Gasteiger partial charge is 0.268 e. The Hall–Kier alpha value is -1.93. The van der Waals surface area contributed by atoms with E-state index in [0.717, 1.165) is 17.6 Å². The van der Waals surface area contributed by atoms with Gasteiger partial charge in [-0.2, -0.15) is 0 Å². The molecule has 0 atom stereocenters. The number of rotatable bonds is 3. The molecule has 0 fully saturated rings. The lowest BCUT2D eigenvalue weighted by Crippen LogP contribution is -2.14. The molecular formula is C11H11N3O3S2. The summed E-state index contributed by atoms with van der Waals surface area (Å²) in [6.45, 7) is 0. The van der Waals surface area contributed by atoms with Crippen LogP contribution in [-0.2, 0) is 9.84 Å². The number of sulfone groups is 1. The predicted molar refractivity (Wildman–Crippen MR) is 74.0 cm³/mol. The van der Waals surface area contributed by atoms with Gasteiger partial charge in [0, 0.05) is 11.9 Å². The fraction of sp³-hybridized carbons (Fsp3) is 0.0909. The highest BCUT2D eigenvalue weighted by atomic mass is 32.2. The van der Waals surface area contributed by atoms with E-state index >= 15 is 0 Å². The van der Waals surface area contributed by atoms with Gasteiger partial charge in [0.25, 0.3) is 5.91 Å². The summed E-state index contributed by atoms with van der Waals surface area (Å²) in [6, 6.07) is 8.72. The highest BCUT2D eigenvalue weighted by Gasteiger charge is 2.24. The Labute approximate surface area is 114 Å². The molecule has 0 saturated carbocycles. The Kier molecular flexibility index (Phi) is 3.54. The highest BCUT2D eigenvalue weighted by molar-refractivity contribution is 7.90. The monoisotopic (exact) mass is 297 g/mol. The Morgan fingerprint density at radius 3 is 2.53 bits per heavy atom. The van der Waals surface area contributed by atoms with Crippen LogP contribution in [0.15, 0.2) is 35.4 Å². The van der Waals surface area contributed by atoms with Gasteiger partial charge in [0.05, 0.1) is 0 Å². The van der Waals surface area contributed by atoms with Crippen molar-refractivity contribution in [3.8, 4) is 0 Å². The lowest BCUT2D eigenvalue weighted by Gasteiger charge is -2.03. The quantitative estimate of drug-likeness (QED) is 0.891. The van der Waals surface area contributed by atoms with E-state index in [4.69, 9.17) is 5.73 Å². The Balaban J connectivity index is 2.35. The zero-order chi connectivity index (χ0) is 14.0. The third-order valence-electron chi connectivity index (χ3n) is 2.20. The molecule has 19 heavy (non-hydrogen) atoms. The van der Waals surface area contributed by atoms with E-state index in [-0.39, 0.29) is 15.0 Å². The molecule has 0 aliphatic carbocycles. The summed E-state index contributed by atoms with van der Waals surface area (Å²) in [6.07, 6.45) is 0.987. The molecule has 100 valence electrons. The molecule has 2 rings (SSSR count). The molecule has 0 spiro atoms. The molecule has 6 nitrogen and oxygen atoms in total. The van der Waals surface area contributed by atoms with Gasteiger partial charge in [-0.3, -0.25) is 4.79 Å². The SMILES string of the molecule is CS(=O)(=O)c1nc(N)sc1C(=O)Nc1ccccc1. The van der Waals surface area contributed by atoms with Crippen LogP contribution in [0.3, 0.4) is 0 Å². The summed E-state index contributed by atoms with van der Waals surface area (Å²) in [4.78, 5) is 15.7. The number of anilines is 2. The van der Waals surface area contributed by atoms with Crippen LogP contribution in [0, 0.1) is 0 Å². The Morgan fingerprint density at radius 2 is 1.95 bits per heavy atom. The lowest BCUT2D eigenvalue weighted by atomic mass is 10.3. The summed E-state index contributed by atoms with van der Waals surface area (Å²) in [5, 5.41) is 2.35. The number of aromatic nitrogens is 1. The average molecular weight is 297 g/mol. The minimum absolute atomic E-state index is 0.0103. The molecule has 0 bridgehead atoms. The number of carbonyl (C=O) groups is 1. The number of nitrogen functional groups attached to an aromatic ring is 1. The second kappa shape index (κ2) is 4.98. The third-order valence-corrected chi connectivity index (χ3v) is 4.21. The molecule has 0 saturated heterocycles. The zero-order valence-corrected chi connectivity index (χ0v) is 11.6. The van der Waals surface area contributed by atoms with E-state index < -0.39 is 15.7 Å². The largest absolute Gasteiger partial charge is 0.375 e. The van der Waals surface area contributed by atoms with Crippen molar-refractivity contribution in [1.29, 1.82) is 0 Å². The first kappa shape index (κ1) is 13.5. The fourth-order valence-corrected chi connectivity index (χ4v) is 3.38. The van der Waals surface area contributed by atoms with Crippen molar-refractivity contribution >= 4 is 37.9 Å². The first-order chi connectivity index (χ1) is 8.88. The van der Waals surface area contributed by atoms with Crippen molar-refractivity contribution in [3.05, 3.63) is 35.2 Å². The van der Waals surface area contributed by atoms with Crippen molar-refractivity contribution in [1.82, 2.24) is 4.98 Å². The summed E-state index contributed by atoms with van der Waals surface area (Å²) in [5.74, 6) is -0.541. The number of para-hydroxylation sites is 1. The van der Waals surface area contributed by atoms with E-state index in [1.807, 2.05) is 6.07 Å². The number of thiazole rings is 1. The number of nitrogens with zero attached hydrogens (tertiary/aromatic N) is 1. The topological polar surface area (TPSA) is 102 Å². The fourth-order valence-electron chi connectivity index (χ4n) is 1.43. The molecular weight excluding hydrogens is 286 g/mol. The van der Waals surface area contributed by atoms with Crippen LogP contribution in [0.25, 0.3) is 0 Å². The van der Waals surface area contributed by atoms with Crippen LogP contribution in [0.1, 0.15) is 9.67 Å². The maximum atomic E-state index is 12.0. The maximum Gasteiger partial charge on any atom is 0.268 e. The van der Waals surface area contributed by atoms with E-state index in [2.05, 4.69) is 10.3 Å². The molecule has 0 unspecified atom stereocenters. The Morgan fingerprint density at radius 1 is 1.32 bits per heavy atom. The molecule has 8 heteroatoms. The second-order valence-corrected chi connectivity index (χ2v) is 6.74. The summed E-state index contributed by atoms with van der Waals surface area (Å²) < 4.78 is 23.1. The number of amides is 1. The van der Waals surface area contributed by atoms with Gasteiger partial charge < -0.3 is 11.1 Å². The van der Waals surface area contributed by atoms with Crippen molar-refractivity contribution in [2.24, 2.45) is 0 Å². The molecule has 0 radical (unpaired) electrons. The molecule has 1 heterocycles. The van der Waals surface area contributed by atoms with Gasteiger partial charge in [-0.25, -0.2) is 13.4 Å². The molecule has 1 aromatic heterocycles. The number of hydrogen-bond donors (Lipinski definition) is 2. The summed E-state index contributed by atoms with van der Waals surface area (Å²) in [7, 11) is -3.59. The van der Waals surface area contributed by atoms with E-state index in [9.17, 15) is 13.2 Å². The van der Waals surface area contributed by atoms with Crippen molar-refractivity contribution in [2.75, 3.05) is 17.3 Å². The number of benzene rings is 1. The Bertz CT molecular complexity index is 708.